The van der Waals surface area contributed by atoms with Crippen LogP contribution in [0.5, 0.6) is 0 Å². The average molecular weight is 267 g/mol. The normalized spacial score (nSPS) is 19.7. The Bertz CT molecular complexity index is 453. The molecule has 6 heteroatoms. The third-order valence-electron chi connectivity index (χ3n) is 3.01. The van der Waals surface area contributed by atoms with Gasteiger partial charge < -0.3 is 10.2 Å². The molecule has 1 saturated heterocycles. The molecule has 1 fully saturated rings. The second-order valence-electron chi connectivity index (χ2n) is 4.37. The van der Waals surface area contributed by atoms with Crippen LogP contribution >= 0.6 is 11.8 Å². The molecule has 0 radical (unpaired) electrons. The van der Waals surface area contributed by atoms with Crippen LogP contribution < -0.4 is 10.2 Å². The largest absolute Gasteiger partial charge is 0.388 e. The minimum atomic E-state index is -0.341. The first-order valence-electron chi connectivity index (χ1n) is 5.94. The first-order chi connectivity index (χ1) is 8.60. The molecule has 1 aromatic rings. The number of benzene rings is 1. The number of nitrogens with zero attached hydrogens (tertiary/aromatic N) is 2. The van der Waals surface area contributed by atoms with Crippen molar-refractivity contribution in [1.29, 1.82) is 0 Å². The maximum atomic E-state index is 10.9. The Kier molecular flexibility index (Phi) is 3.96. The lowest BCUT2D eigenvalue weighted by Crippen LogP contribution is -2.36. The summed E-state index contributed by atoms with van der Waals surface area (Å²) in [7, 11) is 1.78. The number of nitrogens with one attached hydrogen (secondary N) is 1. The monoisotopic (exact) mass is 267 g/mol. The Morgan fingerprint density at radius 3 is 2.89 bits per heavy atom. The fourth-order valence-corrected chi connectivity index (χ4v) is 3.09. The van der Waals surface area contributed by atoms with Gasteiger partial charge in [-0.1, -0.05) is 6.92 Å². The molecule has 98 valence electrons. The van der Waals surface area contributed by atoms with E-state index in [1.54, 1.807) is 19.2 Å². The first kappa shape index (κ1) is 13.0. The van der Waals surface area contributed by atoms with Gasteiger partial charge in [-0.2, -0.15) is 11.8 Å². The minimum absolute atomic E-state index is 0.141. The summed E-state index contributed by atoms with van der Waals surface area (Å²) in [5, 5.41) is 14.5. The number of anilines is 2. The molecule has 2 rings (SSSR count). The molecule has 1 N–H and O–H groups in total. The third kappa shape index (κ3) is 2.87. The lowest BCUT2D eigenvalue weighted by molar-refractivity contribution is -0.384. The zero-order valence-corrected chi connectivity index (χ0v) is 11.4. The van der Waals surface area contributed by atoms with E-state index in [4.69, 9.17) is 0 Å². The summed E-state index contributed by atoms with van der Waals surface area (Å²) >= 11 is 1.95. The summed E-state index contributed by atoms with van der Waals surface area (Å²) in [6, 6.07) is 5.19. The van der Waals surface area contributed by atoms with Gasteiger partial charge >= 0.3 is 0 Å². The maximum absolute atomic E-state index is 10.9. The van der Waals surface area contributed by atoms with Crippen molar-refractivity contribution in [2.75, 3.05) is 36.1 Å². The molecule has 0 amide bonds. The number of rotatable bonds is 3. The van der Waals surface area contributed by atoms with Crippen molar-refractivity contribution in [3.63, 3.8) is 0 Å². The average Bonchev–Trinajstić information content (AvgIpc) is 2.38. The number of non-ortho nitro benzene ring substituents is 1. The van der Waals surface area contributed by atoms with Crippen molar-refractivity contribution in [1.82, 2.24) is 0 Å². The quantitative estimate of drug-likeness (QED) is 0.674. The predicted octanol–water partition coefficient (Wildman–Crippen LogP) is 2.58. The van der Waals surface area contributed by atoms with Gasteiger partial charge in [0.15, 0.2) is 0 Å². The molecule has 18 heavy (non-hydrogen) atoms. The fraction of sp³-hybridized carbons (Fsp3) is 0.500. The van der Waals surface area contributed by atoms with E-state index >= 15 is 0 Å². The van der Waals surface area contributed by atoms with E-state index in [1.807, 2.05) is 17.8 Å². The molecular weight excluding hydrogens is 250 g/mol. The van der Waals surface area contributed by atoms with Crippen molar-refractivity contribution in [3.05, 3.63) is 28.3 Å². The molecule has 1 aliphatic heterocycles. The van der Waals surface area contributed by atoms with E-state index in [0.29, 0.717) is 5.25 Å². The molecule has 0 spiro atoms. The Labute approximate surface area is 111 Å². The SMILES string of the molecule is CNc1cc(N2CCSC(C)C2)cc([N+](=O)[O-])c1. The summed E-state index contributed by atoms with van der Waals surface area (Å²) in [5.41, 5.74) is 1.86. The summed E-state index contributed by atoms with van der Waals surface area (Å²) in [5.74, 6) is 1.07. The zero-order valence-electron chi connectivity index (χ0n) is 10.5. The topological polar surface area (TPSA) is 58.4 Å². The molecule has 0 saturated carbocycles. The number of hydrogen-bond acceptors (Lipinski definition) is 5. The summed E-state index contributed by atoms with van der Waals surface area (Å²) in [6.07, 6.45) is 0. The highest BCUT2D eigenvalue weighted by molar-refractivity contribution is 8.00. The van der Waals surface area contributed by atoms with Gasteiger partial charge in [-0.05, 0) is 6.07 Å². The maximum Gasteiger partial charge on any atom is 0.273 e. The Morgan fingerprint density at radius 1 is 1.50 bits per heavy atom. The van der Waals surface area contributed by atoms with Gasteiger partial charge in [0.1, 0.15) is 0 Å². The molecule has 5 nitrogen and oxygen atoms in total. The Morgan fingerprint density at radius 2 is 2.28 bits per heavy atom. The number of thioether (sulfide) groups is 1. The van der Waals surface area contributed by atoms with Gasteiger partial charge in [0.2, 0.25) is 0 Å². The summed E-state index contributed by atoms with van der Waals surface area (Å²) in [6.45, 7) is 4.07. The van der Waals surface area contributed by atoms with Gasteiger partial charge in [-0.25, -0.2) is 0 Å². The third-order valence-corrected chi connectivity index (χ3v) is 4.14. The van der Waals surface area contributed by atoms with Crippen LogP contribution in [0.2, 0.25) is 0 Å². The van der Waals surface area contributed by atoms with Crippen LogP contribution in [-0.4, -0.2) is 36.1 Å². The van der Waals surface area contributed by atoms with Gasteiger partial charge in [-0.3, -0.25) is 10.1 Å². The summed E-state index contributed by atoms with van der Waals surface area (Å²) in [4.78, 5) is 12.8. The lowest BCUT2D eigenvalue weighted by Gasteiger charge is -2.32. The molecule has 0 aliphatic carbocycles. The van der Waals surface area contributed by atoms with Crippen LogP contribution in [0.25, 0.3) is 0 Å². The summed E-state index contributed by atoms with van der Waals surface area (Å²) < 4.78 is 0. The van der Waals surface area contributed by atoms with E-state index in [-0.39, 0.29) is 10.6 Å². The van der Waals surface area contributed by atoms with Crippen LogP contribution in [0.15, 0.2) is 18.2 Å². The van der Waals surface area contributed by atoms with Crippen LogP contribution in [0.4, 0.5) is 17.1 Å². The van der Waals surface area contributed by atoms with Gasteiger partial charge in [0, 0.05) is 54.6 Å². The number of hydrogen-bond donors (Lipinski definition) is 1. The van der Waals surface area contributed by atoms with Gasteiger partial charge in [0.05, 0.1) is 4.92 Å². The van der Waals surface area contributed by atoms with E-state index in [2.05, 4.69) is 17.1 Å². The second kappa shape index (κ2) is 5.48. The smallest absolute Gasteiger partial charge is 0.273 e. The molecule has 0 aromatic heterocycles. The standard InChI is InChI=1S/C12H17N3O2S/c1-9-8-14(3-4-18-9)11-5-10(13-2)6-12(7-11)15(16)17/h5-7,9,13H,3-4,8H2,1-2H3. The molecule has 1 heterocycles. The van der Waals surface area contributed by atoms with Crippen molar-refractivity contribution in [3.8, 4) is 0 Å². The highest BCUT2D eigenvalue weighted by Crippen LogP contribution is 2.30. The van der Waals surface area contributed by atoms with E-state index < -0.39 is 0 Å². The highest BCUT2D eigenvalue weighted by Gasteiger charge is 2.19. The van der Waals surface area contributed by atoms with Crippen LogP contribution in [0.3, 0.4) is 0 Å². The minimum Gasteiger partial charge on any atom is -0.388 e. The van der Waals surface area contributed by atoms with Gasteiger partial charge in [-0.15, -0.1) is 0 Å². The van der Waals surface area contributed by atoms with Crippen LogP contribution in [-0.2, 0) is 0 Å². The molecular formula is C12H17N3O2S. The van der Waals surface area contributed by atoms with Crippen molar-refractivity contribution < 1.29 is 4.92 Å². The highest BCUT2D eigenvalue weighted by atomic mass is 32.2. The van der Waals surface area contributed by atoms with E-state index in [0.717, 1.165) is 30.2 Å². The van der Waals surface area contributed by atoms with Crippen LogP contribution in [0, 0.1) is 10.1 Å². The fourth-order valence-electron chi connectivity index (χ4n) is 2.08. The van der Waals surface area contributed by atoms with Crippen molar-refractivity contribution >= 4 is 28.8 Å². The molecule has 1 aliphatic rings. The molecule has 1 atom stereocenters. The molecule has 0 bridgehead atoms. The van der Waals surface area contributed by atoms with E-state index in [1.165, 1.54) is 0 Å². The van der Waals surface area contributed by atoms with Crippen LogP contribution in [0.1, 0.15) is 6.92 Å². The van der Waals surface area contributed by atoms with Crippen molar-refractivity contribution in [2.24, 2.45) is 0 Å². The Balaban J connectivity index is 2.31. The van der Waals surface area contributed by atoms with Crippen molar-refractivity contribution in [2.45, 2.75) is 12.2 Å². The second-order valence-corrected chi connectivity index (χ2v) is 5.92. The number of nitro benzene ring substituents is 1. The van der Waals surface area contributed by atoms with E-state index in [9.17, 15) is 10.1 Å². The predicted molar refractivity (Wildman–Crippen MR) is 76.8 cm³/mol. The Hall–Kier alpha value is -1.43. The molecule has 1 unspecified atom stereocenters. The molecule has 1 aromatic carbocycles. The lowest BCUT2D eigenvalue weighted by atomic mass is 10.2. The number of nitro groups is 1. The van der Waals surface area contributed by atoms with Gasteiger partial charge in [0.25, 0.3) is 5.69 Å². The zero-order chi connectivity index (χ0) is 13.1. The first-order valence-corrected chi connectivity index (χ1v) is 6.99.